The number of aromatic hydroxyl groups is 4. The summed E-state index contributed by atoms with van der Waals surface area (Å²) in [6.07, 6.45) is 0.620. The maximum atomic E-state index is 10.1. The second-order valence-corrected chi connectivity index (χ2v) is 10.1. The van der Waals surface area contributed by atoms with Crippen molar-refractivity contribution >= 4 is 22.2 Å². The molecule has 0 aliphatic rings. The smallest absolute Gasteiger partial charge is 0.153 e. The molecule has 9 nitrogen and oxygen atoms in total. The molecule has 10 heteroatoms. The summed E-state index contributed by atoms with van der Waals surface area (Å²) in [7, 11) is 3.90. The van der Waals surface area contributed by atoms with Crippen LogP contribution in [0.2, 0.25) is 0 Å². The van der Waals surface area contributed by atoms with Gasteiger partial charge in [-0.1, -0.05) is 138 Å². The molecule has 0 heterocycles. The van der Waals surface area contributed by atoms with Gasteiger partial charge in [0.2, 0.25) is 0 Å². The molecule has 8 N–H and O–H groups in total. The standard InChI is InChI=1S/C17H22N2O2.C7H7BrO.C7H6O2.C3H10N2.4C2H6/c1-19(13-15-7-3-5-9-17(15)21)11-10-18-12-14-6-2-4-8-16(14)20;2*8-5-6-3-1-2-4-7(6)9;1-5-3-2-4;4*1-2/h2-9,18,20-21H,10-13H2,1H3;1-4,9H,5H2;1-5,9H;5H,2-4H2,1H3;4*1-2H3. The Bertz CT molecular complexity index is 1340. The molecule has 4 aromatic rings. The predicted molar refractivity (Wildman–Crippen MR) is 227 cm³/mol. The Hall–Kier alpha value is -3.93. The van der Waals surface area contributed by atoms with Crippen molar-refractivity contribution in [1.82, 2.24) is 15.5 Å². The molecule has 0 amide bonds. The lowest BCUT2D eigenvalue weighted by molar-refractivity contribution is 0.112. The number of carbonyl (C=O) groups excluding carboxylic acids is 1. The topological polar surface area (TPSA) is 151 Å². The van der Waals surface area contributed by atoms with E-state index in [0.717, 1.165) is 42.9 Å². The van der Waals surface area contributed by atoms with E-state index in [-0.39, 0.29) is 5.75 Å². The third-order valence-electron chi connectivity index (χ3n) is 6.00. The fraction of sp³-hybridized carbons (Fsp3) is 0.405. The highest BCUT2D eigenvalue weighted by Gasteiger charge is 2.04. The minimum atomic E-state index is 0.0347. The lowest BCUT2D eigenvalue weighted by Gasteiger charge is -2.17. The number of para-hydroxylation sites is 4. The number of nitrogens with two attached hydrogens (primary N) is 1. The van der Waals surface area contributed by atoms with E-state index in [1.165, 1.54) is 6.07 Å². The highest BCUT2D eigenvalue weighted by Crippen LogP contribution is 2.18. The molecule has 0 fully saturated rings. The minimum absolute atomic E-state index is 0.0347. The van der Waals surface area contributed by atoms with Crippen LogP contribution in [0, 0.1) is 0 Å². The van der Waals surface area contributed by atoms with E-state index in [2.05, 4.69) is 31.5 Å². The summed E-state index contributed by atoms with van der Waals surface area (Å²) in [6, 6.07) is 28.4. The maximum absolute atomic E-state index is 10.1. The number of nitrogens with zero attached hydrogens (tertiary/aromatic N) is 1. The number of hydrogen-bond donors (Lipinski definition) is 7. The number of carbonyl (C=O) groups is 1. The number of phenolic OH excluding ortho intramolecular Hbond substituents is 4. The van der Waals surface area contributed by atoms with Crippen LogP contribution in [0.15, 0.2) is 97.1 Å². The van der Waals surface area contributed by atoms with Gasteiger partial charge in [-0.2, -0.15) is 0 Å². The van der Waals surface area contributed by atoms with E-state index < -0.39 is 0 Å². The van der Waals surface area contributed by atoms with E-state index in [0.29, 0.717) is 47.5 Å². The molecule has 0 bridgehead atoms. The molecule has 4 aromatic carbocycles. The van der Waals surface area contributed by atoms with E-state index in [9.17, 15) is 15.0 Å². The molecule has 0 aromatic heterocycles. The second kappa shape index (κ2) is 41.5. The number of rotatable bonds is 11. The Labute approximate surface area is 324 Å². The first kappa shape index (κ1) is 54.8. The number of aldehydes is 1. The van der Waals surface area contributed by atoms with Crippen LogP contribution in [0.4, 0.5) is 0 Å². The number of hydrogen-bond acceptors (Lipinski definition) is 9. The van der Waals surface area contributed by atoms with Gasteiger partial charge in [0.1, 0.15) is 23.0 Å². The summed E-state index contributed by atoms with van der Waals surface area (Å²) in [5, 5.41) is 44.3. The molecule has 52 heavy (non-hydrogen) atoms. The molecule has 0 saturated heterocycles. The van der Waals surface area contributed by atoms with Crippen LogP contribution < -0.4 is 16.4 Å². The van der Waals surface area contributed by atoms with Crippen LogP contribution in [0.3, 0.4) is 0 Å². The van der Waals surface area contributed by atoms with Crippen LogP contribution in [0.25, 0.3) is 0 Å². The van der Waals surface area contributed by atoms with Crippen molar-refractivity contribution in [2.45, 2.75) is 73.8 Å². The van der Waals surface area contributed by atoms with E-state index in [1.807, 2.05) is 124 Å². The molecule has 0 aliphatic carbocycles. The molecular formula is C42H69BrN4O5. The van der Waals surface area contributed by atoms with Crippen molar-refractivity contribution < 1.29 is 25.2 Å². The fourth-order valence-electron chi connectivity index (χ4n) is 3.52. The van der Waals surface area contributed by atoms with Crippen LogP contribution >= 0.6 is 15.9 Å². The summed E-state index contributed by atoms with van der Waals surface area (Å²) in [5.41, 5.74) is 8.17. The molecular weight excluding hydrogens is 720 g/mol. The van der Waals surface area contributed by atoms with Gasteiger partial charge >= 0.3 is 0 Å². The number of benzene rings is 4. The molecule has 0 radical (unpaired) electrons. The first-order valence-corrected chi connectivity index (χ1v) is 19.2. The Morgan fingerprint density at radius 3 is 1.37 bits per heavy atom. The minimum Gasteiger partial charge on any atom is -0.508 e. The Balaban J connectivity index is -0.000000310. The van der Waals surface area contributed by atoms with Crippen molar-refractivity contribution in [3.05, 3.63) is 119 Å². The van der Waals surface area contributed by atoms with Crippen molar-refractivity contribution in [1.29, 1.82) is 0 Å². The molecule has 0 saturated carbocycles. The zero-order valence-electron chi connectivity index (χ0n) is 33.4. The molecule has 0 atom stereocenters. The van der Waals surface area contributed by atoms with Crippen LogP contribution in [0.5, 0.6) is 23.0 Å². The van der Waals surface area contributed by atoms with Gasteiger partial charge in [0.25, 0.3) is 0 Å². The summed E-state index contributed by atoms with van der Waals surface area (Å²) in [6.45, 7) is 20.7. The van der Waals surface area contributed by atoms with Crippen molar-refractivity contribution in [3.63, 3.8) is 0 Å². The third kappa shape index (κ3) is 28.7. The van der Waals surface area contributed by atoms with Gasteiger partial charge in [0.15, 0.2) is 6.29 Å². The van der Waals surface area contributed by atoms with Gasteiger partial charge in [-0.3, -0.25) is 4.79 Å². The van der Waals surface area contributed by atoms with E-state index >= 15 is 0 Å². The lowest BCUT2D eigenvalue weighted by atomic mass is 10.2. The van der Waals surface area contributed by atoms with E-state index in [1.54, 1.807) is 36.4 Å². The molecule has 0 aliphatic heterocycles. The normalized spacial score (nSPS) is 8.87. The average molecular weight is 790 g/mol. The fourth-order valence-corrected chi connectivity index (χ4v) is 4.00. The number of nitrogens with one attached hydrogen (secondary N) is 2. The van der Waals surface area contributed by atoms with Gasteiger partial charge in [-0.05, 0) is 44.4 Å². The van der Waals surface area contributed by atoms with Gasteiger partial charge in [0, 0.05) is 61.3 Å². The van der Waals surface area contributed by atoms with Gasteiger partial charge in [0.05, 0.1) is 5.56 Å². The largest absolute Gasteiger partial charge is 0.508 e. The number of halogens is 1. The van der Waals surface area contributed by atoms with Gasteiger partial charge < -0.3 is 41.7 Å². The van der Waals surface area contributed by atoms with Crippen LogP contribution in [0.1, 0.15) is 82.4 Å². The highest BCUT2D eigenvalue weighted by atomic mass is 79.9. The average Bonchev–Trinajstić information content (AvgIpc) is 3.19. The zero-order chi connectivity index (χ0) is 40.6. The van der Waals surface area contributed by atoms with Gasteiger partial charge in [-0.15, -0.1) is 0 Å². The Kier molecular flexibility index (Phi) is 43.8. The number of likely N-dealkylation sites (N-methyl/N-ethyl adjacent to an activating group) is 2. The SMILES string of the molecule is CC.CC.CC.CC.CN(CCNCc1ccccc1O)Cc1ccccc1O.CNCCN.O=Cc1ccccc1O.Oc1ccccc1CBr. The summed E-state index contributed by atoms with van der Waals surface area (Å²) >= 11 is 3.25. The van der Waals surface area contributed by atoms with Crippen LogP contribution in [-0.2, 0) is 18.4 Å². The van der Waals surface area contributed by atoms with Crippen molar-refractivity contribution in [2.75, 3.05) is 40.3 Å². The monoisotopic (exact) mass is 788 g/mol. The quantitative estimate of drug-likeness (QED) is 0.0449. The molecule has 294 valence electrons. The number of phenols is 4. The van der Waals surface area contributed by atoms with Gasteiger partial charge in [-0.25, -0.2) is 0 Å². The summed E-state index contributed by atoms with van der Waals surface area (Å²) < 4.78 is 0. The lowest BCUT2D eigenvalue weighted by Crippen LogP contribution is -2.28. The Morgan fingerprint density at radius 2 is 1.04 bits per heavy atom. The van der Waals surface area contributed by atoms with Crippen molar-refractivity contribution in [3.8, 4) is 23.0 Å². The molecule has 0 unspecified atom stereocenters. The van der Waals surface area contributed by atoms with Crippen LogP contribution in [-0.4, -0.2) is 71.9 Å². The second-order valence-electron chi connectivity index (χ2n) is 9.50. The maximum Gasteiger partial charge on any atom is 0.153 e. The third-order valence-corrected chi connectivity index (χ3v) is 6.61. The summed E-state index contributed by atoms with van der Waals surface area (Å²) in [5.74, 6) is 1.06. The molecule has 0 spiro atoms. The predicted octanol–water partition coefficient (Wildman–Crippen LogP) is 9.08. The van der Waals surface area contributed by atoms with Crippen molar-refractivity contribution in [2.24, 2.45) is 5.73 Å². The zero-order valence-corrected chi connectivity index (χ0v) is 35.0. The number of alkyl halides is 1. The first-order valence-electron chi connectivity index (χ1n) is 18.1. The molecule has 4 rings (SSSR count). The highest BCUT2D eigenvalue weighted by molar-refractivity contribution is 9.08. The Morgan fingerprint density at radius 1 is 0.635 bits per heavy atom. The first-order chi connectivity index (χ1) is 25.3. The summed E-state index contributed by atoms with van der Waals surface area (Å²) in [4.78, 5) is 12.2. The van der Waals surface area contributed by atoms with E-state index in [4.69, 9.17) is 15.9 Å².